The molecule has 1 rings (SSSR count). The quantitative estimate of drug-likeness (QED) is 0.674. The van der Waals surface area contributed by atoms with Crippen molar-refractivity contribution in [3.8, 4) is 0 Å². The minimum atomic E-state index is -3.50. The minimum Gasteiger partial charge on any atom is -0.445 e. The van der Waals surface area contributed by atoms with E-state index in [4.69, 9.17) is 9.56 Å². The molecular formula is C5H8N2O3S. The number of hydrogen-bond donors (Lipinski definition) is 1. The van der Waals surface area contributed by atoms with Gasteiger partial charge in [0, 0.05) is 6.92 Å². The zero-order valence-corrected chi connectivity index (χ0v) is 6.76. The van der Waals surface area contributed by atoms with E-state index in [1.54, 1.807) is 6.92 Å². The molecule has 0 fully saturated rings. The van der Waals surface area contributed by atoms with Gasteiger partial charge in [-0.1, -0.05) is 0 Å². The molecule has 0 aliphatic heterocycles. The number of oxazole rings is 1. The van der Waals surface area contributed by atoms with Gasteiger partial charge in [0.25, 0.3) is 0 Å². The molecular weight excluding hydrogens is 168 g/mol. The van der Waals surface area contributed by atoms with Gasteiger partial charge >= 0.3 is 0 Å². The Morgan fingerprint density at radius 2 is 2.36 bits per heavy atom. The topological polar surface area (TPSA) is 86.2 Å². The van der Waals surface area contributed by atoms with Gasteiger partial charge in [-0.3, -0.25) is 0 Å². The van der Waals surface area contributed by atoms with Crippen molar-refractivity contribution in [3.05, 3.63) is 17.8 Å². The average Bonchev–Trinajstić information content (AvgIpc) is 2.10. The van der Waals surface area contributed by atoms with Crippen LogP contribution in [-0.4, -0.2) is 13.4 Å². The third-order valence-corrected chi connectivity index (χ3v) is 1.70. The Hall–Kier alpha value is -0.880. The molecule has 2 N–H and O–H groups in total. The summed E-state index contributed by atoms with van der Waals surface area (Å²) in [6.45, 7) is 1.63. The normalized spacial score (nSPS) is 11.8. The molecule has 0 saturated carbocycles. The van der Waals surface area contributed by atoms with Crippen molar-refractivity contribution in [1.29, 1.82) is 0 Å². The molecule has 5 nitrogen and oxygen atoms in total. The first-order valence-electron chi connectivity index (χ1n) is 2.89. The molecule has 0 radical (unpaired) electrons. The summed E-state index contributed by atoms with van der Waals surface area (Å²) >= 11 is 0. The van der Waals surface area contributed by atoms with E-state index in [0.29, 0.717) is 5.89 Å². The summed E-state index contributed by atoms with van der Waals surface area (Å²) in [6.07, 6.45) is 1.35. The van der Waals surface area contributed by atoms with Crippen LogP contribution < -0.4 is 5.14 Å². The first-order chi connectivity index (χ1) is 4.97. The Kier molecular flexibility index (Phi) is 1.97. The molecule has 1 aromatic heterocycles. The summed E-state index contributed by atoms with van der Waals surface area (Å²) in [5.41, 5.74) is 0. The van der Waals surface area contributed by atoms with Crippen LogP contribution in [0.2, 0.25) is 0 Å². The zero-order valence-electron chi connectivity index (χ0n) is 5.94. The van der Waals surface area contributed by atoms with Crippen LogP contribution in [0, 0.1) is 6.92 Å². The molecule has 1 heterocycles. The molecule has 11 heavy (non-hydrogen) atoms. The molecule has 0 saturated heterocycles. The molecule has 0 aromatic carbocycles. The van der Waals surface area contributed by atoms with Crippen molar-refractivity contribution in [2.24, 2.45) is 5.14 Å². The van der Waals surface area contributed by atoms with Crippen LogP contribution in [0.15, 0.2) is 10.6 Å². The monoisotopic (exact) mass is 176 g/mol. The molecule has 0 unspecified atom stereocenters. The molecule has 6 heteroatoms. The maximum Gasteiger partial charge on any atom is 0.216 e. The Labute approximate surface area is 64.3 Å². The van der Waals surface area contributed by atoms with Gasteiger partial charge in [-0.05, 0) is 0 Å². The lowest BCUT2D eigenvalue weighted by atomic mass is 10.6. The fourth-order valence-corrected chi connectivity index (χ4v) is 1.20. The largest absolute Gasteiger partial charge is 0.445 e. The van der Waals surface area contributed by atoms with Crippen LogP contribution in [0.3, 0.4) is 0 Å². The van der Waals surface area contributed by atoms with Crippen LogP contribution in [0.1, 0.15) is 11.7 Å². The van der Waals surface area contributed by atoms with Gasteiger partial charge in [-0.2, -0.15) is 0 Å². The van der Waals surface area contributed by atoms with Crippen LogP contribution in [0.25, 0.3) is 0 Å². The highest BCUT2D eigenvalue weighted by molar-refractivity contribution is 7.88. The van der Waals surface area contributed by atoms with Crippen LogP contribution >= 0.6 is 0 Å². The first-order valence-corrected chi connectivity index (χ1v) is 4.61. The van der Waals surface area contributed by atoms with Gasteiger partial charge in [-0.15, -0.1) is 0 Å². The summed E-state index contributed by atoms with van der Waals surface area (Å²) in [4.78, 5) is 3.71. The summed E-state index contributed by atoms with van der Waals surface area (Å²) in [5, 5.41) is 4.76. The van der Waals surface area contributed by atoms with Crippen molar-refractivity contribution in [2.75, 3.05) is 0 Å². The SMILES string of the molecule is Cc1ncc(CS(N)(=O)=O)o1. The summed E-state index contributed by atoms with van der Waals surface area (Å²) in [7, 11) is -3.50. The van der Waals surface area contributed by atoms with E-state index in [-0.39, 0.29) is 11.5 Å². The Bertz CT molecular complexity index is 340. The number of primary sulfonamides is 1. The van der Waals surface area contributed by atoms with Crippen molar-refractivity contribution in [1.82, 2.24) is 4.98 Å². The number of aromatic nitrogens is 1. The summed E-state index contributed by atoms with van der Waals surface area (Å²) in [5.74, 6) is 0.405. The predicted octanol–water partition coefficient (Wildman–Crippen LogP) is -0.228. The van der Waals surface area contributed by atoms with E-state index >= 15 is 0 Å². The smallest absolute Gasteiger partial charge is 0.216 e. The molecule has 1 aromatic rings. The number of nitrogens with two attached hydrogens (primary N) is 1. The standard InChI is InChI=1S/C5H8N2O3S/c1-4-7-2-5(10-4)3-11(6,8)9/h2H,3H2,1H3,(H2,6,8,9). The lowest BCUT2D eigenvalue weighted by molar-refractivity contribution is 0.486. The maximum atomic E-state index is 10.5. The fourth-order valence-electron chi connectivity index (χ4n) is 0.670. The lowest BCUT2D eigenvalue weighted by Gasteiger charge is -1.90. The molecule has 0 aliphatic rings. The second-order valence-corrected chi connectivity index (χ2v) is 3.77. The van der Waals surface area contributed by atoms with Crippen molar-refractivity contribution >= 4 is 10.0 Å². The highest BCUT2D eigenvalue weighted by atomic mass is 32.2. The van der Waals surface area contributed by atoms with E-state index in [2.05, 4.69) is 4.98 Å². The Balaban J connectivity index is 2.81. The number of rotatable bonds is 2. The molecule has 0 spiro atoms. The van der Waals surface area contributed by atoms with Gasteiger partial charge in [0.05, 0.1) is 6.20 Å². The highest BCUT2D eigenvalue weighted by Crippen LogP contribution is 2.04. The van der Waals surface area contributed by atoms with Gasteiger partial charge < -0.3 is 4.42 Å². The highest BCUT2D eigenvalue weighted by Gasteiger charge is 2.08. The third-order valence-electron chi connectivity index (χ3n) is 1.01. The molecule has 62 valence electrons. The number of nitrogens with zero attached hydrogens (tertiary/aromatic N) is 1. The number of hydrogen-bond acceptors (Lipinski definition) is 4. The van der Waals surface area contributed by atoms with Gasteiger partial charge in [0.2, 0.25) is 10.0 Å². The van der Waals surface area contributed by atoms with E-state index < -0.39 is 10.0 Å². The molecule has 0 bridgehead atoms. The van der Waals surface area contributed by atoms with Crippen LogP contribution in [-0.2, 0) is 15.8 Å². The van der Waals surface area contributed by atoms with Crippen LogP contribution in [0.4, 0.5) is 0 Å². The minimum absolute atomic E-state index is 0.269. The Morgan fingerprint density at radius 1 is 1.73 bits per heavy atom. The van der Waals surface area contributed by atoms with Crippen molar-refractivity contribution in [3.63, 3.8) is 0 Å². The zero-order chi connectivity index (χ0) is 8.48. The van der Waals surface area contributed by atoms with Gasteiger partial charge in [0.15, 0.2) is 5.89 Å². The molecule has 0 aliphatic carbocycles. The number of aryl methyl sites for hydroxylation is 1. The van der Waals surface area contributed by atoms with Gasteiger partial charge in [0.1, 0.15) is 11.5 Å². The predicted molar refractivity (Wildman–Crippen MR) is 38.1 cm³/mol. The van der Waals surface area contributed by atoms with E-state index in [9.17, 15) is 8.42 Å². The van der Waals surface area contributed by atoms with E-state index in [0.717, 1.165) is 0 Å². The first kappa shape index (κ1) is 8.22. The van der Waals surface area contributed by atoms with E-state index in [1.807, 2.05) is 0 Å². The van der Waals surface area contributed by atoms with Crippen molar-refractivity contribution in [2.45, 2.75) is 12.7 Å². The average molecular weight is 176 g/mol. The van der Waals surface area contributed by atoms with Crippen molar-refractivity contribution < 1.29 is 12.8 Å². The summed E-state index contributed by atoms with van der Waals surface area (Å²) in [6, 6.07) is 0. The second-order valence-electron chi connectivity index (χ2n) is 2.15. The fraction of sp³-hybridized carbons (Fsp3) is 0.400. The Morgan fingerprint density at radius 3 is 2.73 bits per heavy atom. The van der Waals surface area contributed by atoms with Crippen LogP contribution in [0.5, 0.6) is 0 Å². The third kappa shape index (κ3) is 2.69. The molecule has 0 amide bonds. The lowest BCUT2D eigenvalue weighted by Crippen LogP contribution is -2.13. The second kappa shape index (κ2) is 2.63. The number of sulfonamides is 1. The summed E-state index contributed by atoms with van der Waals surface area (Å²) < 4.78 is 25.9. The maximum absolute atomic E-state index is 10.5. The van der Waals surface area contributed by atoms with Gasteiger partial charge in [-0.25, -0.2) is 18.5 Å². The molecule has 0 atom stereocenters. The van der Waals surface area contributed by atoms with E-state index in [1.165, 1.54) is 6.20 Å².